The van der Waals surface area contributed by atoms with Crippen molar-refractivity contribution < 1.29 is 31.8 Å². The molecule has 0 saturated heterocycles. The largest absolute Gasteiger partial charge is 0.483 e. The van der Waals surface area contributed by atoms with Crippen LogP contribution in [0.5, 0.6) is 5.75 Å². The number of carbonyl (C=O) groups excluding carboxylic acids is 1. The van der Waals surface area contributed by atoms with Crippen molar-refractivity contribution in [3.8, 4) is 16.9 Å². The number of esters is 1. The van der Waals surface area contributed by atoms with Crippen molar-refractivity contribution in [3.05, 3.63) is 53.8 Å². The lowest BCUT2D eigenvalue weighted by Gasteiger charge is -2.14. The van der Waals surface area contributed by atoms with Gasteiger partial charge in [-0.3, -0.25) is 0 Å². The summed E-state index contributed by atoms with van der Waals surface area (Å²) in [7, 11) is 1.21. The molecule has 0 saturated carbocycles. The second-order valence-corrected chi connectivity index (χ2v) is 4.62. The zero-order chi connectivity index (χ0) is 17.0. The highest BCUT2D eigenvalue weighted by Gasteiger charge is 2.29. The lowest BCUT2D eigenvalue weighted by Crippen LogP contribution is -2.19. The molecular weight excluding hydrogens is 316 g/mol. The highest BCUT2D eigenvalue weighted by Crippen LogP contribution is 2.32. The number of rotatable bonds is 4. The molecule has 0 spiro atoms. The topological polar surface area (TPSA) is 35.5 Å². The summed E-state index contributed by atoms with van der Waals surface area (Å²) in [4.78, 5) is 11.5. The summed E-state index contributed by atoms with van der Waals surface area (Å²) in [5, 5.41) is 0. The summed E-state index contributed by atoms with van der Waals surface area (Å²) in [6.45, 7) is -1.54. The second kappa shape index (κ2) is 6.68. The van der Waals surface area contributed by atoms with Crippen molar-refractivity contribution in [1.82, 2.24) is 0 Å². The van der Waals surface area contributed by atoms with Crippen molar-refractivity contribution in [3.63, 3.8) is 0 Å². The van der Waals surface area contributed by atoms with Crippen molar-refractivity contribution in [1.29, 1.82) is 0 Å². The molecule has 0 aliphatic carbocycles. The fraction of sp³-hybridized carbons (Fsp3) is 0.188. The van der Waals surface area contributed by atoms with Gasteiger partial charge in [0.25, 0.3) is 0 Å². The average molecular weight is 328 g/mol. The van der Waals surface area contributed by atoms with Crippen LogP contribution in [0.25, 0.3) is 11.1 Å². The fourth-order valence-electron chi connectivity index (χ4n) is 1.95. The molecule has 0 heterocycles. The van der Waals surface area contributed by atoms with Crippen LogP contribution in [0.15, 0.2) is 42.5 Å². The molecule has 3 nitrogen and oxygen atoms in total. The van der Waals surface area contributed by atoms with E-state index in [-0.39, 0.29) is 16.9 Å². The molecule has 0 N–H and O–H groups in total. The third kappa shape index (κ3) is 4.45. The first-order chi connectivity index (χ1) is 10.8. The molecule has 0 unspecified atom stereocenters. The second-order valence-electron chi connectivity index (χ2n) is 4.62. The molecule has 122 valence electrons. The lowest BCUT2D eigenvalue weighted by atomic mass is 10.0. The van der Waals surface area contributed by atoms with E-state index in [1.54, 1.807) is 12.1 Å². The normalized spacial score (nSPS) is 11.2. The Morgan fingerprint density at radius 3 is 2.52 bits per heavy atom. The SMILES string of the molecule is COC(=O)c1cccc(-c2ccc(F)cc2OCC(F)(F)F)c1. The third-order valence-electron chi connectivity index (χ3n) is 2.93. The van der Waals surface area contributed by atoms with Crippen LogP contribution in [-0.2, 0) is 4.74 Å². The Bertz CT molecular complexity index is 711. The lowest BCUT2D eigenvalue weighted by molar-refractivity contribution is -0.153. The Morgan fingerprint density at radius 1 is 1.13 bits per heavy atom. The molecule has 0 aliphatic heterocycles. The monoisotopic (exact) mass is 328 g/mol. The molecule has 2 rings (SSSR count). The first kappa shape index (κ1) is 16.8. The van der Waals surface area contributed by atoms with E-state index in [4.69, 9.17) is 0 Å². The van der Waals surface area contributed by atoms with Crippen LogP contribution < -0.4 is 4.74 Å². The molecule has 0 amide bonds. The van der Waals surface area contributed by atoms with Gasteiger partial charge < -0.3 is 9.47 Å². The summed E-state index contributed by atoms with van der Waals surface area (Å²) in [5.74, 6) is -1.58. The average Bonchev–Trinajstić information content (AvgIpc) is 2.51. The zero-order valence-electron chi connectivity index (χ0n) is 12.0. The maximum atomic E-state index is 13.3. The van der Waals surface area contributed by atoms with Gasteiger partial charge in [0.1, 0.15) is 11.6 Å². The first-order valence-corrected chi connectivity index (χ1v) is 6.48. The van der Waals surface area contributed by atoms with E-state index < -0.39 is 24.6 Å². The Hall–Kier alpha value is -2.57. The van der Waals surface area contributed by atoms with E-state index in [0.29, 0.717) is 5.56 Å². The quantitative estimate of drug-likeness (QED) is 0.623. The Labute approximate surface area is 129 Å². The van der Waals surface area contributed by atoms with Crippen LogP contribution in [0.2, 0.25) is 0 Å². The van der Waals surface area contributed by atoms with Crippen LogP contribution >= 0.6 is 0 Å². The predicted molar refractivity (Wildman–Crippen MR) is 74.7 cm³/mol. The summed E-state index contributed by atoms with van der Waals surface area (Å²) in [5.41, 5.74) is 0.863. The van der Waals surface area contributed by atoms with Gasteiger partial charge in [-0.25, -0.2) is 9.18 Å². The van der Waals surface area contributed by atoms with Crippen molar-refractivity contribution in [2.24, 2.45) is 0 Å². The highest BCUT2D eigenvalue weighted by molar-refractivity contribution is 5.91. The molecule has 23 heavy (non-hydrogen) atoms. The van der Waals surface area contributed by atoms with Gasteiger partial charge in [-0.05, 0) is 29.8 Å². The molecule has 2 aromatic rings. The number of ether oxygens (including phenoxy) is 2. The predicted octanol–water partition coefficient (Wildman–Crippen LogP) is 4.22. The number of benzene rings is 2. The van der Waals surface area contributed by atoms with Gasteiger partial charge in [0.05, 0.1) is 12.7 Å². The number of halogens is 4. The minimum atomic E-state index is -4.54. The van der Waals surface area contributed by atoms with E-state index in [1.807, 2.05) is 0 Å². The van der Waals surface area contributed by atoms with Crippen LogP contribution in [0.4, 0.5) is 17.6 Å². The molecule has 0 fully saturated rings. The van der Waals surface area contributed by atoms with Gasteiger partial charge in [0.2, 0.25) is 0 Å². The maximum absolute atomic E-state index is 13.3. The van der Waals surface area contributed by atoms with Crippen molar-refractivity contribution in [2.45, 2.75) is 6.18 Å². The van der Waals surface area contributed by atoms with Gasteiger partial charge in [0, 0.05) is 11.6 Å². The van der Waals surface area contributed by atoms with Crippen LogP contribution in [0, 0.1) is 5.82 Å². The van der Waals surface area contributed by atoms with Gasteiger partial charge in [-0.2, -0.15) is 13.2 Å². The van der Waals surface area contributed by atoms with Crippen molar-refractivity contribution >= 4 is 5.97 Å². The van der Waals surface area contributed by atoms with E-state index >= 15 is 0 Å². The van der Waals surface area contributed by atoms with Gasteiger partial charge in [0.15, 0.2) is 6.61 Å². The van der Waals surface area contributed by atoms with Crippen LogP contribution in [-0.4, -0.2) is 25.9 Å². The molecule has 0 atom stereocenters. The van der Waals surface area contributed by atoms with Gasteiger partial charge in [-0.15, -0.1) is 0 Å². The number of carbonyl (C=O) groups is 1. The highest BCUT2D eigenvalue weighted by atomic mass is 19.4. The third-order valence-corrected chi connectivity index (χ3v) is 2.93. The Morgan fingerprint density at radius 2 is 1.87 bits per heavy atom. The smallest absolute Gasteiger partial charge is 0.422 e. The number of alkyl halides is 3. The minimum Gasteiger partial charge on any atom is -0.483 e. The van der Waals surface area contributed by atoms with Crippen molar-refractivity contribution in [2.75, 3.05) is 13.7 Å². The van der Waals surface area contributed by atoms with E-state index in [0.717, 1.165) is 12.1 Å². The molecule has 0 aromatic heterocycles. The minimum absolute atomic E-state index is 0.219. The molecule has 2 aromatic carbocycles. The molecule has 7 heteroatoms. The maximum Gasteiger partial charge on any atom is 0.422 e. The first-order valence-electron chi connectivity index (χ1n) is 6.48. The van der Waals surface area contributed by atoms with E-state index in [1.165, 1.54) is 25.3 Å². The van der Waals surface area contributed by atoms with Crippen LogP contribution in [0.3, 0.4) is 0 Å². The van der Waals surface area contributed by atoms with Crippen LogP contribution in [0.1, 0.15) is 10.4 Å². The number of hydrogen-bond donors (Lipinski definition) is 0. The Balaban J connectivity index is 2.41. The summed E-state index contributed by atoms with van der Waals surface area (Å²) < 4.78 is 59.5. The summed E-state index contributed by atoms with van der Waals surface area (Å²) in [6.07, 6.45) is -4.54. The molecule has 0 radical (unpaired) electrons. The summed E-state index contributed by atoms with van der Waals surface area (Å²) >= 11 is 0. The number of methoxy groups -OCH3 is 1. The fourth-order valence-corrected chi connectivity index (χ4v) is 1.95. The summed E-state index contributed by atoms with van der Waals surface area (Å²) in [6, 6.07) is 9.29. The van der Waals surface area contributed by atoms with Gasteiger partial charge >= 0.3 is 12.1 Å². The molecular formula is C16H12F4O3. The van der Waals surface area contributed by atoms with E-state index in [2.05, 4.69) is 9.47 Å². The molecule has 0 bridgehead atoms. The van der Waals surface area contributed by atoms with Gasteiger partial charge in [-0.1, -0.05) is 12.1 Å². The Kier molecular flexibility index (Phi) is 4.88. The number of hydrogen-bond acceptors (Lipinski definition) is 3. The van der Waals surface area contributed by atoms with E-state index in [9.17, 15) is 22.4 Å². The standard InChI is InChI=1S/C16H12F4O3/c1-22-15(21)11-4-2-3-10(7-11)13-6-5-12(17)8-14(13)23-9-16(18,19)20/h2-8H,9H2,1H3. The zero-order valence-corrected chi connectivity index (χ0v) is 12.0. The molecule has 0 aliphatic rings.